The molecule has 1 aliphatic rings. The fourth-order valence-corrected chi connectivity index (χ4v) is 5.28. The average molecular weight is 472 g/mol. The molecule has 8 heteroatoms. The minimum absolute atomic E-state index is 0.118. The van der Waals surface area contributed by atoms with Gasteiger partial charge in [0.1, 0.15) is 6.04 Å². The second kappa shape index (κ2) is 9.98. The third kappa shape index (κ3) is 4.37. The van der Waals surface area contributed by atoms with Gasteiger partial charge in [0, 0.05) is 54.0 Å². The van der Waals surface area contributed by atoms with Gasteiger partial charge in [-0.2, -0.15) is 0 Å². The van der Waals surface area contributed by atoms with Gasteiger partial charge >= 0.3 is 0 Å². The third-order valence-corrected chi connectivity index (χ3v) is 6.96. The van der Waals surface area contributed by atoms with E-state index in [0.717, 1.165) is 21.5 Å². The molecule has 3 aromatic rings. The molecule has 0 saturated heterocycles. The van der Waals surface area contributed by atoms with Crippen molar-refractivity contribution >= 4 is 51.8 Å². The van der Waals surface area contributed by atoms with Gasteiger partial charge in [-0.05, 0) is 43.7 Å². The van der Waals surface area contributed by atoms with Gasteiger partial charge in [0.2, 0.25) is 11.8 Å². The van der Waals surface area contributed by atoms with E-state index in [1.807, 2.05) is 38.2 Å². The Morgan fingerprint density at radius 1 is 1.22 bits per heavy atom. The van der Waals surface area contributed by atoms with Crippen molar-refractivity contribution in [2.75, 3.05) is 30.4 Å². The number of aromatic nitrogens is 1. The molecule has 2 aromatic carbocycles. The summed E-state index contributed by atoms with van der Waals surface area (Å²) in [6.45, 7) is 3.65. The normalized spacial score (nSPS) is 16.2. The lowest BCUT2D eigenvalue weighted by Gasteiger charge is -2.30. The number of carbonyl (C=O) groups excluding carboxylic acids is 2. The number of amides is 2. The molecule has 4 rings (SSSR count). The molecular weight excluding hydrogens is 446 g/mol. The summed E-state index contributed by atoms with van der Waals surface area (Å²) in [5.41, 5.74) is 2.54. The lowest BCUT2D eigenvalue weighted by molar-refractivity contribution is -0.125. The maximum Gasteiger partial charge on any atom is 0.247 e. The monoisotopic (exact) mass is 471 g/mol. The molecule has 168 valence electrons. The van der Waals surface area contributed by atoms with Crippen LogP contribution in [0.5, 0.6) is 0 Å². The summed E-state index contributed by atoms with van der Waals surface area (Å²) in [7, 11) is 1.98. The molecule has 1 atom stereocenters. The minimum Gasteiger partial charge on any atom is -0.382 e. The molecule has 0 spiro atoms. The van der Waals surface area contributed by atoms with Crippen molar-refractivity contribution in [1.29, 1.82) is 0 Å². The number of halogens is 1. The van der Waals surface area contributed by atoms with Gasteiger partial charge in [0.25, 0.3) is 0 Å². The summed E-state index contributed by atoms with van der Waals surface area (Å²) >= 11 is 7.56. The minimum atomic E-state index is -0.785. The molecule has 0 aliphatic carbocycles. The number of hydrogen-bond acceptors (Lipinski definition) is 4. The standard InChI is InChI=1S/C24H26ClN3O3S/c1-3-31-14-6-13-26-23(30)22-21-18-7-4-5-8-19(18)27(2)24(21)32-15-20(29)28(22)17-11-9-16(25)10-12-17/h4-5,7-12,22H,3,6,13-15H2,1-2H3,(H,26,30)/t22-/m1/s1. The number of anilines is 1. The van der Waals surface area contributed by atoms with Crippen LogP contribution in [-0.2, 0) is 21.4 Å². The van der Waals surface area contributed by atoms with Crippen molar-refractivity contribution in [2.24, 2.45) is 7.05 Å². The van der Waals surface area contributed by atoms with Crippen LogP contribution in [0.2, 0.25) is 5.02 Å². The number of thioether (sulfide) groups is 1. The van der Waals surface area contributed by atoms with E-state index in [-0.39, 0.29) is 17.6 Å². The second-order valence-corrected chi connectivity index (χ2v) is 8.97. The molecule has 0 radical (unpaired) electrons. The second-order valence-electron chi connectivity index (χ2n) is 7.57. The molecule has 6 nitrogen and oxygen atoms in total. The first-order chi connectivity index (χ1) is 15.5. The van der Waals surface area contributed by atoms with Gasteiger partial charge < -0.3 is 14.6 Å². The number of para-hydroxylation sites is 1. The topological polar surface area (TPSA) is 63.6 Å². The number of fused-ring (bicyclic) bond motifs is 3. The SMILES string of the molecule is CCOCCCNC(=O)[C@H]1c2c(n(C)c3ccccc23)SCC(=O)N1c1ccc(Cl)cc1. The highest BCUT2D eigenvalue weighted by atomic mass is 35.5. The molecule has 0 fully saturated rings. The molecule has 1 aliphatic heterocycles. The molecule has 0 unspecified atom stereocenters. The van der Waals surface area contributed by atoms with Crippen LogP contribution in [0.25, 0.3) is 10.9 Å². The number of benzene rings is 2. The average Bonchev–Trinajstić information content (AvgIpc) is 2.97. The Balaban J connectivity index is 1.80. The van der Waals surface area contributed by atoms with Crippen LogP contribution in [0.15, 0.2) is 53.6 Å². The number of nitrogens with one attached hydrogen (secondary N) is 1. The predicted octanol–water partition coefficient (Wildman–Crippen LogP) is 4.55. The van der Waals surface area contributed by atoms with E-state index >= 15 is 0 Å². The number of nitrogens with zero attached hydrogens (tertiary/aromatic N) is 2. The summed E-state index contributed by atoms with van der Waals surface area (Å²) in [4.78, 5) is 28.5. The van der Waals surface area contributed by atoms with Crippen molar-refractivity contribution < 1.29 is 14.3 Å². The molecule has 32 heavy (non-hydrogen) atoms. The van der Waals surface area contributed by atoms with Gasteiger partial charge in [-0.15, -0.1) is 0 Å². The Morgan fingerprint density at radius 2 is 1.97 bits per heavy atom. The lowest BCUT2D eigenvalue weighted by atomic mass is 10.0. The van der Waals surface area contributed by atoms with Crippen LogP contribution in [0.1, 0.15) is 24.9 Å². The molecule has 0 bridgehead atoms. The summed E-state index contributed by atoms with van der Waals surface area (Å²) in [5.74, 6) is -0.0783. The highest BCUT2D eigenvalue weighted by Crippen LogP contribution is 2.43. The zero-order valence-electron chi connectivity index (χ0n) is 18.1. The van der Waals surface area contributed by atoms with E-state index in [1.54, 1.807) is 29.2 Å². The number of rotatable bonds is 7. The maximum absolute atomic E-state index is 13.6. The van der Waals surface area contributed by atoms with Gasteiger partial charge in [-0.3, -0.25) is 14.5 Å². The van der Waals surface area contributed by atoms with Crippen molar-refractivity contribution in [2.45, 2.75) is 24.4 Å². The summed E-state index contributed by atoms with van der Waals surface area (Å²) in [5, 5.41) is 5.51. The number of hydrogen-bond donors (Lipinski definition) is 1. The van der Waals surface area contributed by atoms with E-state index in [9.17, 15) is 9.59 Å². The number of aryl methyl sites for hydroxylation is 1. The van der Waals surface area contributed by atoms with Gasteiger partial charge in [-0.25, -0.2) is 0 Å². The Morgan fingerprint density at radius 3 is 2.72 bits per heavy atom. The molecule has 0 saturated carbocycles. The van der Waals surface area contributed by atoms with Crippen LogP contribution >= 0.6 is 23.4 Å². The van der Waals surface area contributed by atoms with Crippen LogP contribution in [0.3, 0.4) is 0 Å². The van der Waals surface area contributed by atoms with Crippen LogP contribution in [-0.4, -0.2) is 41.9 Å². The summed E-state index contributed by atoms with van der Waals surface area (Å²) in [6, 6.07) is 14.3. The first kappa shape index (κ1) is 22.7. The Kier molecular flexibility index (Phi) is 7.08. The van der Waals surface area contributed by atoms with E-state index in [1.165, 1.54) is 11.8 Å². The van der Waals surface area contributed by atoms with Crippen molar-refractivity contribution in [3.8, 4) is 0 Å². The molecule has 2 amide bonds. The maximum atomic E-state index is 13.6. The zero-order valence-corrected chi connectivity index (χ0v) is 19.7. The highest BCUT2D eigenvalue weighted by Gasteiger charge is 2.39. The molecule has 1 aromatic heterocycles. The van der Waals surface area contributed by atoms with Crippen LogP contribution in [0.4, 0.5) is 5.69 Å². The number of carbonyl (C=O) groups is 2. The van der Waals surface area contributed by atoms with Gasteiger partial charge in [0.15, 0.2) is 0 Å². The largest absolute Gasteiger partial charge is 0.382 e. The van der Waals surface area contributed by atoms with Crippen LogP contribution < -0.4 is 10.2 Å². The number of ether oxygens (including phenoxy) is 1. The van der Waals surface area contributed by atoms with E-state index in [0.29, 0.717) is 36.9 Å². The smallest absolute Gasteiger partial charge is 0.247 e. The van der Waals surface area contributed by atoms with Crippen molar-refractivity contribution in [3.63, 3.8) is 0 Å². The van der Waals surface area contributed by atoms with Gasteiger partial charge in [0.05, 0.1) is 10.8 Å². The zero-order chi connectivity index (χ0) is 22.7. The fourth-order valence-electron chi connectivity index (χ4n) is 4.08. The van der Waals surface area contributed by atoms with Crippen molar-refractivity contribution in [1.82, 2.24) is 9.88 Å². The molecule has 1 N–H and O–H groups in total. The van der Waals surface area contributed by atoms with Crippen molar-refractivity contribution in [3.05, 3.63) is 59.1 Å². The molecular formula is C24H26ClN3O3S. The van der Waals surface area contributed by atoms with E-state index in [4.69, 9.17) is 16.3 Å². The third-order valence-electron chi connectivity index (χ3n) is 5.55. The predicted molar refractivity (Wildman–Crippen MR) is 129 cm³/mol. The highest BCUT2D eigenvalue weighted by molar-refractivity contribution is 8.00. The lowest BCUT2D eigenvalue weighted by Crippen LogP contribution is -2.44. The first-order valence-electron chi connectivity index (χ1n) is 10.7. The Bertz CT molecular complexity index is 1130. The molecule has 2 heterocycles. The van der Waals surface area contributed by atoms with E-state index < -0.39 is 6.04 Å². The quantitative estimate of drug-likeness (QED) is 0.513. The first-order valence-corrected chi connectivity index (χ1v) is 12.0. The Hall–Kier alpha value is -2.48. The summed E-state index contributed by atoms with van der Waals surface area (Å²) in [6.07, 6.45) is 0.707. The fraction of sp³-hybridized carbons (Fsp3) is 0.333. The van der Waals surface area contributed by atoms with Gasteiger partial charge in [-0.1, -0.05) is 41.6 Å². The summed E-state index contributed by atoms with van der Waals surface area (Å²) < 4.78 is 7.45. The van der Waals surface area contributed by atoms with Crippen LogP contribution in [0, 0.1) is 0 Å². The van der Waals surface area contributed by atoms with E-state index in [2.05, 4.69) is 9.88 Å². The Labute approximate surface area is 196 Å².